The lowest BCUT2D eigenvalue weighted by Crippen LogP contribution is -2.38. The van der Waals surface area contributed by atoms with Crippen LogP contribution in [-0.2, 0) is 6.54 Å². The van der Waals surface area contributed by atoms with Gasteiger partial charge in [0.25, 0.3) is 0 Å². The van der Waals surface area contributed by atoms with Gasteiger partial charge in [0.1, 0.15) is 5.75 Å². The third-order valence-corrected chi connectivity index (χ3v) is 6.30. The van der Waals surface area contributed by atoms with Crippen LogP contribution in [0, 0.1) is 0 Å². The lowest BCUT2D eigenvalue weighted by atomic mass is 10.0. The number of methoxy groups -OCH3 is 1. The van der Waals surface area contributed by atoms with Crippen LogP contribution in [0.1, 0.15) is 22.9 Å². The SMILES string of the molecule is COc1ccccc1NC(=O)N1Cc2ccccc2-n2cccc2[C@H]1c1ccc(N(C)C)cc1. The Bertz CT molecular complexity index is 1310. The van der Waals surface area contributed by atoms with E-state index in [1.807, 2.05) is 61.5 Å². The second-order valence-corrected chi connectivity index (χ2v) is 8.58. The number of nitrogens with zero attached hydrogens (tertiary/aromatic N) is 3. The van der Waals surface area contributed by atoms with Crippen molar-refractivity contribution >= 4 is 17.4 Å². The fourth-order valence-corrected chi connectivity index (χ4v) is 4.58. The van der Waals surface area contributed by atoms with Gasteiger partial charge in [0.2, 0.25) is 0 Å². The number of rotatable bonds is 4. The Morgan fingerprint density at radius 3 is 2.44 bits per heavy atom. The molecular weight excluding hydrogens is 424 g/mol. The zero-order valence-corrected chi connectivity index (χ0v) is 19.6. The lowest BCUT2D eigenvalue weighted by molar-refractivity contribution is 0.194. The Morgan fingerprint density at radius 2 is 1.68 bits per heavy atom. The number of hydrogen-bond acceptors (Lipinski definition) is 3. The average Bonchev–Trinajstić information content (AvgIpc) is 3.28. The van der Waals surface area contributed by atoms with Gasteiger partial charge in [-0.2, -0.15) is 0 Å². The molecule has 1 aliphatic rings. The maximum atomic E-state index is 13.8. The molecule has 0 bridgehead atoms. The molecule has 5 rings (SSSR count). The number of para-hydroxylation sites is 3. The summed E-state index contributed by atoms with van der Waals surface area (Å²) in [6.45, 7) is 0.471. The fraction of sp³-hybridized carbons (Fsp3) is 0.179. The fourth-order valence-electron chi connectivity index (χ4n) is 4.58. The molecule has 6 heteroatoms. The number of nitrogens with one attached hydrogen (secondary N) is 1. The van der Waals surface area contributed by atoms with Crippen molar-refractivity contribution in [2.75, 3.05) is 31.4 Å². The number of aromatic nitrogens is 1. The molecule has 6 nitrogen and oxygen atoms in total. The highest BCUT2D eigenvalue weighted by Gasteiger charge is 2.33. The number of carbonyl (C=O) groups excluding carboxylic acids is 1. The van der Waals surface area contributed by atoms with Gasteiger partial charge in [0, 0.05) is 31.7 Å². The molecule has 2 amide bonds. The zero-order chi connectivity index (χ0) is 23.7. The second-order valence-electron chi connectivity index (χ2n) is 8.58. The van der Waals surface area contributed by atoms with E-state index in [1.165, 1.54) is 0 Å². The zero-order valence-electron chi connectivity index (χ0n) is 19.6. The smallest absolute Gasteiger partial charge is 0.323 e. The summed E-state index contributed by atoms with van der Waals surface area (Å²) in [5.41, 5.74) is 6.02. The van der Waals surface area contributed by atoms with Gasteiger partial charge in [-0.3, -0.25) is 0 Å². The summed E-state index contributed by atoms with van der Waals surface area (Å²) in [4.78, 5) is 17.8. The van der Waals surface area contributed by atoms with Gasteiger partial charge in [-0.1, -0.05) is 42.5 Å². The molecule has 34 heavy (non-hydrogen) atoms. The normalized spacial score (nSPS) is 14.6. The van der Waals surface area contributed by atoms with E-state index < -0.39 is 0 Å². The Balaban J connectivity index is 1.62. The van der Waals surface area contributed by atoms with Crippen molar-refractivity contribution in [1.29, 1.82) is 0 Å². The van der Waals surface area contributed by atoms with Crippen molar-refractivity contribution in [2.24, 2.45) is 0 Å². The summed E-state index contributed by atoms with van der Waals surface area (Å²) in [5, 5.41) is 3.09. The molecule has 2 heterocycles. The van der Waals surface area contributed by atoms with E-state index in [-0.39, 0.29) is 12.1 Å². The van der Waals surface area contributed by atoms with Gasteiger partial charge in [-0.05, 0) is 53.6 Å². The molecule has 1 aromatic heterocycles. The second kappa shape index (κ2) is 8.98. The number of ether oxygens (including phenoxy) is 1. The van der Waals surface area contributed by atoms with Crippen molar-refractivity contribution in [1.82, 2.24) is 9.47 Å². The Morgan fingerprint density at radius 1 is 0.941 bits per heavy atom. The minimum atomic E-state index is -0.270. The number of benzene rings is 3. The van der Waals surface area contributed by atoms with Gasteiger partial charge in [0.05, 0.1) is 31.1 Å². The summed E-state index contributed by atoms with van der Waals surface area (Å²) >= 11 is 0. The predicted molar refractivity (Wildman–Crippen MR) is 136 cm³/mol. The largest absolute Gasteiger partial charge is 0.495 e. The molecular formula is C28H28N4O2. The molecule has 0 saturated heterocycles. The van der Waals surface area contributed by atoms with Gasteiger partial charge in [0.15, 0.2) is 0 Å². The van der Waals surface area contributed by atoms with Crippen molar-refractivity contribution < 1.29 is 9.53 Å². The van der Waals surface area contributed by atoms with Crippen LogP contribution in [0.5, 0.6) is 5.75 Å². The van der Waals surface area contributed by atoms with Crippen LogP contribution in [0.4, 0.5) is 16.2 Å². The summed E-state index contributed by atoms with van der Waals surface area (Å²) in [7, 11) is 5.65. The first kappa shape index (κ1) is 21.6. The van der Waals surface area contributed by atoms with Crippen molar-refractivity contribution in [3.05, 3.63) is 108 Å². The quantitative estimate of drug-likeness (QED) is 0.433. The standard InChI is InChI=1S/C28H28N4O2/c1-30(2)22-16-14-20(15-17-22)27-25-12-8-18-31(25)24-11-6-4-9-21(24)19-32(27)28(33)29-23-10-5-7-13-26(23)34-3/h4-18,27H,19H2,1-3H3,(H,29,33)/t27-/m1/s1. The predicted octanol–water partition coefficient (Wildman–Crippen LogP) is 5.69. The molecule has 1 aliphatic heterocycles. The molecule has 0 radical (unpaired) electrons. The minimum absolute atomic E-state index is 0.185. The van der Waals surface area contributed by atoms with Gasteiger partial charge >= 0.3 is 6.03 Å². The van der Waals surface area contributed by atoms with Crippen LogP contribution in [-0.4, -0.2) is 36.7 Å². The van der Waals surface area contributed by atoms with Crippen LogP contribution in [0.15, 0.2) is 91.1 Å². The van der Waals surface area contributed by atoms with E-state index >= 15 is 0 Å². The van der Waals surface area contributed by atoms with E-state index in [1.54, 1.807) is 7.11 Å². The first-order chi connectivity index (χ1) is 16.6. The van der Waals surface area contributed by atoms with E-state index in [9.17, 15) is 4.79 Å². The van der Waals surface area contributed by atoms with Crippen molar-refractivity contribution in [3.63, 3.8) is 0 Å². The topological polar surface area (TPSA) is 49.7 Å². The molecule has 4 aromatic rings. The molecule has 0 saturated carbocycles. The maximum Gasteiger partial charge on any atom is 0.323 e. The first-order valence-corrected chi connectivity index (χ1v) is 11.3. The number of fused-ring (bicyclic) bond motifs is 3. The van der Waals surface area contributed by atoms with E-state index in [0.29, 0.717) is 18.0 Å². The van der Waals surface area contributed by atoms with Crippen molar-refractivity contribution in [3.8, 4) is 11.4 Å². The number of anilines is 2. The molecule has 0 spiro atoms. The lowest BCUT2D eigenvalue weighted by Gasteiger charge is -2.31. The Kier molecular flexibility index (Phi) is 5.72. The van der Waals surface area contributed by atoms with Gasteiger partial charge in [-0.15, -0.1) is 0 Å². The number of carbonyl (C=O) groups is 1. The minimum Gasteiger partial charge on any atom is -0.495 e. The monoisotopic (exact) mass is 452 g/mol. The summed E-state index contributed by atoms with van der Waals surface area (Å²) in [6, 6.07) is 27.8. The van der Waals surface area contributed by atoms with Crippen LogP contribution in [0.3, 0.4) is 0 Å². The molecule has 1 atom stereocenters. The number of urea groups is 1. The van der Waals surface area contributed by atoms with Gasteiger partial charge < -0.3 is 24.4 Å². The van der Waals surface area contributed by atoms with Crippen LogP contribution in [0.25, 0.3) is 5.69 Å². The van der Waals surface area contributed by atoms with E-state index in [2.05, 4.69) is 63.4 Å². The molecule has 1 N–H and O–H groups in total. The molecule has 0 unspecified atom stereocenters. The maximum absolute atomic E-state index is 13.8. The molecule has 0 aliphatic carbocycles. The molecule has 3 aromatic carbocycles. The Labute approximate surface area is 200 Å². The third-order valence-electron chi connectivity index (χ3n) is 6.30. The van der Waals surface area contributed by atoms with Gasteiger partial charge in [-0.25, -0.2) is 4.79 Å². The molecule has 172 valence electrons. The summed E-state index contributed by atoms with van der Waals surface area (Å²) in [5.74, 6) is 0.626. The van der Waals surface area contributed by atoms with Crippen molar-refractivity contribution in [2.45, 2.75) is 12.6 Å². The van der Waals surface area contributed by atoms with E-state index in [4.69, 9.17) is 4.74 Å². The summed E-state index contributed by atoms with van der Waals surface area (Å²) in [6.07, 6.45) is 2.07. The molecule has 0 fully saturated rings. The highest BCUT2D eigenvalue weighted by molar-refractivity contribution is 5.91. The van der Waals surface area contributed by atoms with Crippen LogP contribution in [0.2, 0.25) is 0 Å². The third kappa shape index (κ3) is 3.88. The Hall–Kier alpha value is -4.19. The highest BCUT2D eigenvalue weighted by atomic mass is 16.5. The number of amides is 2. The summed E-state index contributed by atoms with van der Waals surface area (Å²) < 4.78 is 7.65. The van der Waals surface area contributed by atoms with Crippen LogP contribution < -0.4 is 15.0 Å². The van der Waals surface area contributed by atoms with E-state index in [0.717, 1.165) is 28.2 Å². The average molecular weight is 453 g/mol. The first-order valence-electron chi connectivity index (χ1n) is 11.3. The number of hydrogen-bond donors (Lipinski definition) is 1. The highest BCUT2D eigenvalue weighted by Crippen LogP contribution is 2.37. The van der Waals surface area contributed by atoms with Crippen LogP contribution >= 0.6 is 0 Å².